The first-order valence-corrected chi connectivity index (χ1v) is 10.3. The molecule has 1 aliphatic carbocycles. The summed E-state index contributed by atoms with van der Waals surface area (Å²) in [5, 5.41) is 6.65. The summed E-state index contributed by atoms with van der Waals surface area (Å²) in [7, 11) is 0. The lowest BCUT2D eigenvalue weighted by Gasteiger charge is -2.29. The lowest BCUT2D eigenvalue weighted by molar-refractivity contribution is -0.137. The van der Waals surface area contributed by atoms with Crippen LogP contribution >= 0.6 is 0 Å². The van der Waals surface area contributed by atoms with E-state index in [2.05, 4.69) is 20.6 Å². The van der Waals surface area contributed by atoms with E-state index in [0.29, 0.717) is 42.0 Å². The molecule has 2 aliphatic rings. The third-order valence-electron chi connectivity index (χ3n) is 5.59. The number of rotatable bonds is 4. The molecule has 0 spiro atoms. The van der Waals surface area contributed by atoms with Crippen LogP contribution in [0.1, 0.15) is 37.7 Å². The second-order valence-electron chi connectivity index (χ2n) is 7.74. The molecule has 0 atom stereocenters. The van der Waals surface area contributed by atoms with Crippen LogP contribution in [0.25, 0.3) is 11.3 Å². The van der Waals surface area contributed by atoms with Crippen LogP contribution in [0, 0.1) is 0 Å². The van der Waals surface area contributed by atoms with Gasteiger partial charge in [0.25, 0.3) is 0 Å². The van der Waals surface area contributed by atoms with Crippen LogP contribution in [0.4, 0.5) is 24.8 Å². The average molecular weight is 405 g/mol. The highest BCUT2D eigenvalue weighted by Gasteiger charge is 2.32. The molecule has 2 N–H and O–H groups in total. The highest BCUT2D eigenvalue weighted by atomic mass is 19.4. The molecule has 29 heavy (non-hydrogen) atoms. The first-order valence-electron chi connectivity index (χ1n) is 10.3. The normalized spacial score (nSPS) is 18.7. The van der Waals surface area contributed by atoms with Crippen molar-refractivity contribution in [2.24, 2.45) is 0 Å². The summed E-state index contributed by atoms with van der Waals surface area (Å²) in [6.07, 6.45) is 3.06. The van der Waals surface area contributed by atoms with E-state index in [1.807, 2.05) is 4.90 Å². The van der Waals surface area contributed by atoms with E-state index in [-0.39, 0.29) is 0 Å². The molecule has 2 aromatic heterocycles. The Kier molecular flexibility index (Phi) is 5.89. The van der Waals surface area contributed by atoms with E-state index >= 15 is 0 Å². The van der Waals surface area contributed by atoms with Crippen LogP contribution in [0.2, 0.25) is 0 Å². The van der Waals surface area contributed by atoms with Gasteiger partial charge in [0, 0.05) is 44.0 Å². The molecule has 8 heteroatoms. The Bertz CT molecular complexity index is 827. The fourth-order valence-electron chi connectivity index (χ4n) is 4.01. The molecular formula is C21H26F3N5. The van der Waals surface area contributed by atoms with Crippen molar-refractivity contribution in [1.82, 2.24) is 15.3 Å². The van der Waals surface area contributed by atoms with Gasteiger partial charge in [-0.1, -0.05) is 19.3 Å². The number of pyridine rings is 2. The van der Waals surface area contributed by atoms with Gasteiger partial charge in [0.1, 0.15) is 11.6 Å². The predicted octanol–water partition coefficient (Wildman–Crippen LogP) is 4.32. The van der Waals surface area contributed by atoms with E-state index < -0.39 is 11.7 Å². The molecule has 0 bridgehead atoms. The first-order chi connectivity index (χ1) is 14.0. The van der Waals surface area contributed by atoms with Gasteiger partial charge in [-0.05, 0) is 37.1 Å². The van der Waals surface area contributed by atoms with Gasteiger partial charge in [0.15, 0.2) is 0 Å². The van der Waals surface area contributed by atoms with Gasteiger partial charge >= 0.3 is 6.18 Å². The third kappa shape index (κ3) is 4.98. The molecule has 0 radical (unpaired) electrons. The second kappa shape index (κ2) is 8.57. The average Bonchev–Trinajstić information content (AvgIpc) is 2.74. The number of hydrogen-bond acceptors (Lipinski definition) is 5. The summed E-state index contributed by atoms with van der Waals surface area (Å²) < 4.78 is 40.6. The van der Waals surface area contributed by atoms with Crippen LogP contribution in [0.15, 0.2) is 30.5 Å². The summed E-state index contributed by atoms with van der Waals surface area (Å²) in [4.78, 5) is 10.8. The second-order valence-corrected chi connectivity index (χ2v) is 7.74. The molecule has 0 aromatic carbocycles. The van der Waals surface area contributed by atoms with Crippen molar-refractivity contribution in [3.05, 3.63) is 36.0 Å². The van der Waals surface area contributed by atoms with E-state index in [1.54, 1.807) is 18.3 Å². The molecule has 1 saturated heterocycles. The summed E-state index contributed by atoms with van der Waals surface area (Å²) in [6.45, 7) is 2.74. The molecule has 2 fully saturated rings. The minimum atomic E-state index is -4.42. The van der Waals surface area contributed by atoms with Crippen LogP contribution in [-0.2, 0) is 6.18 Å². The maximum Gasteiger partial charge on any atom is 0.416 e. The van der Waals surface area contributed by atoms with Crippen LogP contribution in [-0.4, -0.2) is 42.2 Å². The zero-order chi connectivity index (χ0) is 20.3. The van der Waals surface area contributed by atoms with Crippen molar-refractivity contribution in [2.45, 2.75) is 44.3 Å². The molecule has 3 heterocycles. The zero-order valence-corrected chi connectivity index (χ0v) is 16.3. The zero-order valence-electron chi connectivity index (χ0n) is 16.3. The monoisotopic (exact) mass is 405 g/mol. The number of nitrogens with zero attached hydrogens (tertiary/aromatic N) is 3. The summed E-state index contributed by atoms with van der Waals surface area (Å²) in [5.74, 6) is 1.06. The van der Waals surface area contributed by atoms with Crippen molar-refractivity contribution >= 4 is 11.6 Å². The van der Waals surface area contributed by atoms with Gasteiger partial charge < -0.3 is 15.5 Å². The number of nitrogens with one attached hydrogen (secondary N) is 2. The Morgan fingerprint density at radius 1 is 1.03 bits per heavy atom. The summed E-state index contributed by atoms with van der Waals surface area (Å²) in [5.41, 5.74) is 0.290. The van der Waals surface area contributed by atoms with Crippen molar-refractivity contribution < 1.29 is 13.2 Å². The topological polar surface area (TPSA) is 53.1 Å². The lowest BCUT2D eigenvalue weighted by atomic mass is 9.95. The first kappa shape index (κ1) is 19.9. The van der Waals surface area contributed by atoms with E-state index in [1.165, 1.54) is 19.3 Å². The smallest absolute Gasteiger partial charge is 0.367 e. The van der Waals surface area contributed by atoms with Crippen LogP contribution < -0.4 is 15.5 Å². The summed E-state index contributed by atoms with van der Waals surface area (Å²) in [6, 6.07) is 6.18. The fourth-order valence-corrected chi connectivity index (χ4v) is 4.01. The Morgan fingerprint density at radius 3 is 2.52 bits per heavy atom. The fraction of sp³-hybridized carbons (Fsp3) is 0.524. The minimum absolute atomic E-state index is 0.322. The highest BCUT2D eigenvalue weighted by molar-refractivity contribution is 5.66. The number of alkyl halides is 3. The molecule has 4 rings (SSSR count). The van der Waals surface area contributed by atoms with E-state index in [9.17, 15) is 13.2 Å². The third-order valence-corrected chi connectivity index (χ3v) is 5.59. The molecule has 1 saturated carbocycles. The maximum absolute atomic E-state index is 13.5. The maximum atomic E-state index is 13.5. The van der Waals surface area contributed by atoms with Gasteiger partial charge in [-0.2, -0.15) is 13.2 Å². The Hall–Kier alpha value is -2.35. The van der Waals surface area contributed by atoms with Crippen molar-refractivity contribution in [1.29, 1.82) is 0 Å². The number of anilines is 2. The summed E-state index contributed by atoms with van der Waals surface area (Å²) >= 11 is 0. The van der Waals surface area contributed by atoms with Gasteiger partial charge in [-0.15, -0.1) is 0 Å². The highest BCUT2D eigenvalue weighted by Crippen LogP contribution is 2.34. The van der Waals surface area contributed by atoms with Gasteiger partial charge in [-0.25, -0.2) is 9.97 Å². The van der Waals surface area contributed by atoms with Gasteiger partial charge in [0.05, 0.1) is 11.3 Å². The number of aromatic nitrogens is 2. The molecule has 0 unspecified atom stereocenters. The Morgan fingerprint density at radius 2 is 1.79 bits per heavy atom. The largest absolute Gasteiger partial charge is 0.416 e. The molecule has 5 nitrogen and oxygen atoms in total. The molecule has 1 aliphatic heterocycles. The number of hydrogen-bond donors (Lipinski definition) is 2. The quantitative estimate of drug-likeness (QED) is 0.794. The predicted molar refractivity (Wildman–Crippen MR) is 108 cm³/mol. The van der Waals surface area contributed by atoms with Crippen LogP contribution in [0.3, 0.4) is 0 Å². The Balaban J connectivity index is 1.65. The van der Waals surface area contributed by atoms with Gasteiger partial charge in [0.2, 0.25) is 0 Å². The van der Waals surface area contributed by atoms with Gasteiger partial charge in [-0.3, -0.25) is 0 Å². The number of piperazine rings is 1. The molecule has 2 aromatic rings. The van der Waals surface area contributed by atoms with E-state index in [4.69, 9.17) is 0 Å². The van der Waals surface area contributed by atoms with Crippen molar-refractivity contribution in [3.63, 3.8) is 0 Å². The molecule has 0 amide bonds. The molecular weight excluding hydrogens is 379 g/mol. The SMILES string of the molecule is FC(F)(F)c1cc(-c2ccnc(NC3CCCCC3)c2)nc(N2CCNCC2)c1. The Labute approximate surface area is 168 Å². The van der Waals surface area contributed by atoms with Crippen molar-refractivity contribution in [3.8, 4) is 11.3 Å². The van der Waals surface area contributed by atoms with Crippen LogP contribution in [0.5, 0.6) is 0 Å². The molecule has 156 valence electrons. The lowest BCUT2D eigenvalue weighted by Crippen LogP contribution is -2.44. The minimum Gasteiger partial charge on any atom is -0.367 e. The van der Waals surface area contributed by atoms with Crippen molar-refractivity contribution in [2.75, 3.05) is 36.4 Å². The van der Waals surface area contributed by atoms with E-state index in [0.717, 1.165) is 38.1 Å². The standard InChI is InChI=1S/C21H26F3N5/c22-21(23,24)16-13-18(28-20(14-16)29-10-8-25-9-11-29)15-6-7-26-19(12-15)27-17-4-2-1-3-5-17/h6-7,12-14,17,25H,1-5,8-11H2,(H,26,27). The number of halogens is 3.